The van der Waals surface area contributed by atoms with Crippen LogP contribution < -0.4 is 14.7 Å². The van der Waals surface area contributed by atoms with Crippen molar-refractivity contribution in [2.75, 3.05) is 61.1 Å². The predicted molar refractivity (Wildman–Crippen MR) is 128 cm³/mol. The third kappa shape index (κ3) is 4.06. The molecule has 4 heterocycles. The summed E-state index contributed by atoms with van der Waals surface area (Å²) in [7, 11) is 1.89. The minimum Gasteiger partial charge on any atom is -0.395 e. The SMILES string of the molecule is Cc1cccnc1N1CCN(c2nc(C3(F)CCC3)nc3cnc(N(C)CCO)cc23)CC1. The minimum absolute atomic E-state index is 0.0395. The molecule has 0 atom stereocenters. The molecule has 2 aliphatic rings. The lowest BCUT2D eigenvalue weighted by Crippen LogP contribution is -2.47. The van der Waals surface area contributed by atoms with Crippen LogP contribution in [0.2, 0.25) is 0 Å². The van der Waals surface area contributed by atoms with E-state index >= 15 is 4.39 Å². The maximum Gasteiger partial charge on any atom is 0.170 e. The molecule has 1 saturated heterocycles. The van der Waals surface area contributed by atoms with Crippen molar-refractivity contribution >= 4 is 28.4 Å². The van der Waals surface area contributed by atoms with Gasteiger partial charge in [0.15, 0.2) is 11.5 Å². The Kier molecular flexibility index (Phi) is 5.74. The molecule has 0 radical (unpaired) electrons. The maximum atomic E-state index is 15.3. The van der Waals surface area contributed by atoms with Crippen LogP contribution in [-0.2, 0) is 5.67 Å². The Morgan fingerprint density at radius 1 is 1.09 bits per heavy atom. The normalized spacial score (nSPS) is 17.8. The van der Waals surface area contributed by atoms with Gasteiger partial charge in [-0.2, -0.15) is 0 Å². The van der Waals surface area contributed by atoms with E-state index in [-0.39, 0.29) is 12.4 Å². The molecular formula is C24H30FN7O. The molecule has 0 aromatic carbocycles. The van der Waals surface area contributed by atoms with Crippen LogP contribution in [0.5, 0.6) is 0 Å². The fourth-order valence-corrected chi connectivity index (χ4v) is 4.57. The number of pyridine rings is 2. The molecule has 8 nitrogen and oxygen atoms in total. The van der Waals surface area contributed by atoms with Crippen LogP contribution in [0.15, 0.2) is 30.6 Å². The van der Waals surface area contributed by atoms with Crippen LogP contribution in [0.4, 0.5) is 21.8 Å². The predicted octanol–water partition coefficient (Wildman–Crippen LogP) is 2.83. The average molecular weight is 452 g/mol. The molecule has 0 unspecified atom stereocenters. The Hall–Kier alpha value is -3.07. The number of aliphatic hydroxyl groups is 1. The number of rotatable bonds is 6. The van der Waals surface area contributed by atoms with E-state index in [4.69, 9.17) is 4.98 Å². The van der Waals surface area contributed by atoms with Gasteiger partial charge in [-0.15, -0.1) is 0 Å². The van der Waals surface area contributed by atoms with Gasteiger partial charge in [0.1, 0.15) is 17.5 Å². The van der Waals surface area contributed by atoms with Crippen LogP contribution in [0.25, 0.3) is 10.9 Å². The van der Waals surface area contributed by atoms with Gasteiger partial charge in [0, 0.05) is 51.4 Å². The third-order valence-electron chi connectivity index (χ3n) is 6.78. The Morgan fingerprint density at radius 2 is 1.82 bits per heavy atom. The lowest BCUT2D eigenvalue weighted by Gasteiger charge is -2.38. The summed E-state index contributed by atoms with van der Waals surface area (Å²) in [5.41, 5.74) is 0.373. The van der Waals surface area contributed by atoms with E-state index < -0.39 is 5.67 Å². The standard InChI is InChI=1S/C24H30FN7O/c1-17-5-3-8-26-21(17)31-9-11-32(12-10-31)22-18-15-20(30(2)13-14-33)27-16-19(18)28-23(29-22)24(25)6-4-7-24/h3,5,8,15-16,33H,4,6-7,9-14H2,1-2H3. The first-order valence-corrected chi connectivity index (χ1v) is 11.6. The van der Waals surface area contributed by atoms with Crippen molar-refractivity contribution in [3.8, 4) is 0 Å². The number of nitrogens with zero attached hydrogens (tertiary/aromatic N) is 7. The highest BCUT2D eigenvalue weighted by Crippen LogP contribution is 2.44. The maximum absolute atomic E-state index is 15.3. The van der Waals surface area contributed by atoms with Gasteiger partial charge in [0.05, 0.1) is 18.3 Å². The molecule has 2 fully saturated rings. The second-order valence-corrected chi connectivity index (χ2v) is 9.01. The monoisotopic (exact) mass is 451 g/mol. The first-order valence-electron chi connectivity index (χ1n) is 11.6. The van der Waals surface area contributed by atoms with Gasteiger partial charge >= 0.3 is 0 Å². The van der Waals surface area contributed by atoms with Gasteiger partial charge in [-0.25, -0.2) is 24.3 Å². The fourth-order valence-electron chi connectivity index (χ4n) is 4.57. The lowest BCUT2D eigenvalue weighted by molar-refractivity contribution is 0.0512. The molecule has 174 valence electrons. The Morgan fingerprint density at radius 3 is 2.45 bits per heavy atom. The molecule has 5 rings (SSSR count). The van der Waals surface area contributed by atoms with Crippen LogP contribution in [0.1, 0.15) is 30.7 Å². The van der Waals surface area contributed by atoms with Crippen LogP contribution in [-0.4, -0.2) is 71.4 Å². The number of aryl methyl sites for hydroxylation is 1. The van der Waals surface area contributed by atoms with Crippen LogP contribution in [0, 0.1) is 6.92 Å². The second kappa shape index (κ2) is 8.70. The molecule has 1 saturated carbocycles. The van der Waals surface area contributed by atoms with Crippen molar-refractivity contribution in [1.82, 2.24) is 19.9 Å². The molecule has 1 aliphatic carbocycles. The first-order chi connectivity index (χ1) is 16.0. The number of hydrogen-bond acceptors (Lipinski definition) is 8. The summed E-state index contributed by atoms with van der Waals surface area (Å²) in [6.07, 6.45) is 5.32. The number of anilines is 3. The summed E-state index contributed by atoms with van der Waals surface area (Å²) < 4.78 is 15.3. The zero-order chi connectivity index (χ0) is 23.0. The van der Waals surface area contributed by atoms with Crippen molar-refractivity contribution in [3.05, 3.63) is 42.0 Å². The van der Waals surface area contributed by atoms with Crippen molar-refractivity contribution in [1.29, 1.82) is 0 Å². The molecule has 3 aromatic rings. The van der Waals surface area contributed by atoms with Crippen molar-refractivity contribution < 1.29 is 9.50 Å². The van der Waals surface area contributed by atoms with Crippen molar-refractivity contribution in [2.24, 2.45) is 0 Å². The highest BCUT2D eigenvalue weighted by atomic mass is 19.1. The summed E-state index contributed by atoms with van der Waals surface area (Å²) >= 11 is 0. The fraction of sp³-hybridized carbons (Fsp3) is 0.500. The number of alkyl halides is 1. The number of hydrogen-bond donors (Lipinski definition) is 1. The zero-order valence-electron chi connectivity index (χ0n) is 19.2. The first kappa shape index (κ1) is 21.8. The number of aromatic nitrogens is 4. The Labute approximate surface area is 193 Å². The molecule has 3 aromatic heterocycles. The molecule has 33 heavy (non-hydrogen) atoms. The van der Waals surface area contributed by atoms with Gasteiger partial charge in [-0.3, -0.25) is 0 Å². The van der Waals surface area contributed by atoms with E-state index in [9.17, 15) is 5.11 Å². The van der Waals surface area contributed by atoms with Crippen LogP contribution in [0.3, 0.4) is 0 Å². The highest BCUT2D eigenvalue weighted by Gasteiger charge is 2.42. The largest absolute Gasteiger partial charge is 0.395 e. The second-order valence-electron chi connectivity index (χ2n) is 9.01. The summed E-state index contributed by atoms with van der Waals surface area (Å²) in [5, 5.41) is 10.2. The minimum atomic E-state index is -1.44. The molecule has 9 heteroatoms. The van der Waals surface area contributed by atoms with E-state index in [1.54, 1.807) is 6.20 Å². The number of likely N-dealkylation sites (N-methyl/N-ethyl adjacent to an activating group) is 1. The number of aliphatic hydroxyl groups excluding tert-OH is 1. The molecule has 0 spiro atoms. The van der Waals surface area contributed by atoms with Gasteiger partial charge < -0.3 is 19.8 Å². The van der Waals surface area contributed by atoms with Crippen molar-refractivity contribution in [2.45, 2.75) is 31.9 Å². The number of fused-ring (bicyclic) bond motifs is 1. The lowest BCUT2D eigenvalue weighted by atomic mass is 9.81. The smallest absolute Gasteiger partial charge is 0.170 e. The van der Waals surface area contributed by atoms with Gasteiger partial charge in [0.2, 0.25) is 0 Å². The number of halogens is 1. The quantitative estimate of drug-likeness (QED) is 0.613. The Balaban J connectivity index is 1.50. The van der Waals surface area contributed by atoms with E-state index in [2.05, 4.69) is 37.7 Å². The molecule has 0 amide bonds. The Bertz CT molecular complexity index is 1140. The summed E-state index contributed by atoms with van der Waals surface area (Å²) in [5.74, 6) is 2.78. The van der Waals surface area contributed by atoms with E-state index in [0.717, 1.165) is 61.0 Å². The van der Waals surface area contributed by atoms with E-state index in [0.29, 0.717) is 24.9 Å². The van der Waals surface area contributed by atoms with Gasteiger partial charge in [-0.05, 0) is 43.9 Å². The summed E-state index contributed by atoms with van der Waals surface area (Å²) in [6, 6.07) is 5.98. The van der Waals surface area contributed by atoms with E-state index in [1.165, 1.54) is 0 Å². The highest BCUT2D eigenvalue weighted by molar-refractivity contribution is 5.91. The van der Waals surface area contributed by atoms with Gasteiger partial charge in [0.25, 0.3) is 0 Å². The molecular weight excluding hydrogens is 421 g/mol. The molecule has 0 bridgehead atoms. The van der Waals surface area contributed by atoms with Crippen molar-refractivity contribution in [3.63, 3.8) is 0 Å². The third-order valence-corrected chi connectivity index (χ3v) is 6.78. The van der Waals surface area contributed by atoms with Crippen LogP contribution >= 0.6 is 0 Å². The van der Waals surface area contributed by atoms with E-state index in [1.807, 2.05) is 30.3 Å². The summed E-state index contributed by atoms with van der Waals surface area (Å²) in [6.45, 7) is 5.72. The topological polar surface area (TPSA) is 81.5 Å². The van der Waals surface area contributed by atoms with Gasteiger partial charge in [-0.1, -0.05) is 6.07 Å². The number of piperazine rings is 1. The zero-order valence-corrected chi connectivity index (χ0v) is 19.2. The summed E-state index contributed by atoms with van der Waals surface area (Å²) in [4.78, 5) is 24.8. The molecule has 1 N–H and O–H groups in total. The average Bonchev–Trinajstić information content (AvgIpc) is 2.82. The molecule has 1 aliphatic heterocycles.